The van der Waals surface area contributed by atoms with Crippen molar-refractivity contribution >= 4 is 10.0 Å². The molecule has 1 aliphatic heterocycles. The van der Waals surface area contributed by atoms with Gasteiger partial charge in [0.15, 0.2) is 0 Å². The molecule has 0 aromatic heterocycles. The highest BCUT2D eigenvalue weighted by Gasteiger charge is 2.23. The van der Waals surface area contributed by atoms with E-state index in [1.165, 1.54) is 0 Å². The number of rotatable bonds is 4. The highest BCUT2D eigenvalue weighted by atomic mass is 32.2. The average Bonchev–Trinajstić information content (AvgIpc) is 2.14. The van der Waals surface area contributed by atoms with Crippen LogP contribution in [0.2, 0.25) is 0 Å². The van der Waals surface area contributed by atoms with E-state index in [1.807, 2.05) is 11.8 Å². The van der Waals surface area contributed by atoms with Crippen LogP contribution in [0.15, 0.2) is 0 Å². The molecular weight excluding hydrogens is 218 g/mol. The third-order valence-electron chi connectivity index (χ3n) is 2.46. The van der Waals surface area contributed by atoms with Crippen LogP contribution in [0, 0.1) is 0 Å². The number of primary sulfonamides is 1. The smallest absolute Gasteiger partial charge is 0.210 e. The zero-order valence-corrected chi connectivity index (χ0v) is 9.74. The van der Waals surface area contributed by atoms with E-state index in [4.69, 9.17) is 15.6 Å². The largest absolute Gasteiger partial charge is 0.374 e. The average molecular weight is 237 g/mol. The number of hydrogen-bond acceptors (Lipinski definition) is 5. The summed E-state index contributed by atoms with van der Waals surface area (Å²) in [6.45, 7) is 4.34. The monoisotopic (exact) mass is 237 g/mol. The predicted molar refractivity (Wildman–Crippen MR) is 57.8 cm³/mol. The number of nitrogens with zero attached hydrogens (tertiary/aromatic N) is 1. The summed E-state index contributed by atoms with van der Waals surface area (Å²) in [5.41, 5.74) is 5.72. The van der Waals surface area contributed by atoms with Gasteiger partial charge < -0.3 is 10.5 Å². The normalized spacial score (nSPS) is 26.5. The van der Waals surface area contributed by atoms with Crippen molar-refractivity contribution in [2.45, 2.75) is 19.1 Å². The van der Waals surface area contributed by atoms with Crippen LogP contribution in [-0.4, -0.2) is 57.5 Å². The first-order chi connectivity index (χ1) is 6.88. The van der Waals surface area contributed by atoms with Crippen molar-refractivity contribution in [3.05, 3.63) is 0 Å². The summed E-state index contributed by atoms with van der Waals surface area (Å²) in [6.07, 6.45) is -0.0146. The van der Waals surface area contributed by atoms with Crippen molar-refractivity contribution < 1.29 is 13.2 Å². The van der Waals surface area contributed by atoms with Crippen LogP contribution in [0.5, 0.6) is 0 Å². The fraction of sp³-hybridized carbons (Fsp3) is 1.00. The van der Waals surface area contributed by atoms with Crippen molar-refractivity contribution in [3.63, 3.8) is 0 Å². The molecule has 1 rings (SSSR count). The minimum absolute atomic E-state index is 0.0146. The number of sulfonamides is 1. The lowest BCUT2D eigenvalue weighted by atomic mass is 10.1. The predicted octanol–water partition coefficient (Wildman–Crippen LogP) is -1.68. The fourth-order valence-corrected chi connectivity index (χ4v) is 2.02. The minimum atomic E-state index is -3.37. The maximum absolute atomic E-state index is 10.8. The molecule has 0 radical (unpaired) electrons. The van der Waals surface area contributed by atoms with Gasteiger partial charge in [-0.15, -0.1) is 0 Å². The maximum atomic E-state index is 10.8. The van der Waals surface area contributed by atoms with Gasteiger partial charge in [0, 0.05) is 25.7 Å². The second-order valence-electron chi connectivity index (χ2n) is 3.94. The topological polar surface area (TPSA) is 98.6 Å². The van der Waals surface area contributed by atoms with E-state index in [1.54, 1.807) is 0 Å². The van der Waals surface area contributed by atoms with Crippen LogP contribution in [-0.2, 0) is 14.8 Å². The van der Waals surface area contributed by atoms with Gasteiger partial charge in [-0.1, -0.05) is 0 Å². The third kappa shape index (κ3) is 4.89. The first-order valence-electron chi connectivity index (χ1n) is 4.98. The van der Waals surface area contributed by atoms with Gasteiger partial charge >= 0.3 is 0 Å². The second-order valence-corrected chi connectivity index (χ2v) is 5.67. The van der Waals surface area contributed by atoms with E-state index in [0.29, 0.717) is 19.7 Å². The van der Waals surface area contributed by atoms with Crippen LogP contribution in [0.3, 0.4) is 0 Å². The van der Waals surface area contributed by atoms with E-state index in [0.717, 1.165) is 6.54 Å². The Balaban J connectivity index is 2.37. The van der Waals surface area contributed by atoms with Gasteiger partial charge in [-0.25, -0.2) is 13.6 Å². The number of nitrogens with two attached hydrogens (primary N) is 2. The molecule has 2 atom stereocenters. The maximum Gasteiger partial charge on any atom is 0.210 e. The van der Waals surface area contributed by atoms with Crippen molar-refractivity contribution in [2.24, 2.45) is 10.9 Å². The molecule has 0 spiro atoms. The van der Waals surface area contributed by atoms with Crippen molar-refractivity contribution in [1.82, 2.24) is 4.90 Å². The van der Waals surface area contributed by atoms with Gasteiger partial charge in [-0.2, -0.15) is 0 Å². The van der Waals surface area contributed by atoms with Crippen LogP contribution in [0.1, 0.15) is 6.92 Å². The summed E-state index contributed by atoms with van der Waals surface area (Å²) in [5, 5.41) is 4.94. The van der Waals surface area contributed by atoms with Gasteiger partial charge in [0.25, 0.3) is 0 Å². The second kappa shape index (κ2) is 5.22. The number of ether oxygens (including phenoxy) is 1. The molecule has 0 aromatic carbocycles. The lowest BCUT2D eigenvalue weighted by Gasteiger charge is -2.34. The summed E-state index contributed by atoms with van der Waals surface area (Å²) in [4.78, 5) is 2.02. The molecule has 1 saturated heterocycles. The quantitative estimate of drug-likeness (QED) is 0.608. The molecule has 4 N–H and O–H groups in total. The first kappa shape index (κ1) is 12.9. The number of morpholine rings is 1. The molecule has 6 nitrogen and oxygen atoms in total. The molecule has 0 amide bonds. The summed E-state index contributed by atoms with van der Waals surface area (Å²) in [5.74, 6) is -0.0152. The molecule has 1 heterocycles. The van der Waals surface area contributed by atoms with Crippen LogP contribution in [0.25, 0.3) is 0 Å². The Morgan fingerprint density at radius 1 is 1.60 bits per heavy atom. The minimum Gasteiger partial charge on any atom is -0.374 e. The Labute approximate surface area is 90.6 Å². The van der Waals surface area contributed by atoms with E-state index in [-0.39, 0.29) is 17.9 Å². The Kier molecular flexibility index (Phi) is 4.47. The zero-order valence-electron chi connectivity index (χ0n) is 8.93. The van der Waals surface area contributed by atoms with Gasteiger partial charge in [-0.05, 0) is 6.92 Å². The molecule has 0 saturated carbocycles. The zero-order chi connectivity index (χ0) is 11.5. The van der Waals surface area contributed by atoms with Crippen molar-refractivity contribution in [3.8, 4) is 0 Å². The van der Waals surface area contributed by atoms with E-state index >= 15 is 0 Å². The lowest BCUT2D eigenvalue weighted by Crippen LogP contribution is -2.50. The third-order valence-corrected chi connectivity index (χ3v) is 3.21. The lowest BCUT2D eigenvalue weighted by molar-refractivity contribution is -0.0356. The summed E-state index contributed by atoms with van der Waals surface area (Å²) >= 11 is 0. The molecule has 15 heavy (non-hydrogen) atoms. The molecule has 1 fully saturated rings. The SMILES string of the molecule is CC(N)C1CN(CCS(N)(=O)=O)CCO1. The Morgan fingerprint density at radius 2 is 2.27 bits per heavy atom. The van der Waals surface area contributed by atoms with Crippen molar-refractivity contribution in [2.75, 3.05) is 32.0 Å². The Morgan fingerprint density at radius 3 is 2.80 bits per heavy atom. The summed E-state index contributed by atoms with van der Waals surface area (Å²) in [7, 11) is -3.37. The Hall–Kier alpha value is -0.210. The van der Waals surface area contributed by atoms with Crippen LogP contribution in [0.4, 0.5) is 0 Å². The number of hydrogen-bond donors (Lipinski definition) is 2. The standard InChI is InChI=1S/C8H19N3O3S/c1-7(9)8-6-11(2-4-14-8)3-5-15(10,12)13/h7-8H,2-6,9H2,1H3,(H2,10,12,13). The molecule has 0 aliphatic carbocycles. The first-order valence-corrected chi connectivity index (χ1v) is 6.70. The van der Waals surface area contributed by atoms with E-state index in [2.05, 4.69) is 0 Å². The summed E-state index contributed by atoms with van der Waals surface area (Å²) < 4.78 is 27.0. The van der Waals surface area contributed by atoms with Crippen LogP contribution >= 0.6 is 0 Å². The fourth-order valence-electron chi connectivity index (χ4n) is 1.51. The molecule has 7 heteroatoms. The molecular formula is C8H19N3O3S. The van der Waals surface area contributed by atoms with Gasteiger partial charge in [0.2, 0.25) is 10.0 Å². The van der Waals surface area contributed by atoms with Crippen LogP contribution < -0.4 is 10.9 Å². The summed E-state index contributed by atoms with van der Waals surface area (Å²) in [6, 6.07) is -0.0396. The molecule has 0 aromatic rings. The van der Waals surface area contributed by atoms with E-state index < -0.39 is 10.0 Å². The molecule has 1 aliphatic rings. The Bertz CT molecular complexity index is 292. The van der Waals surface area contributed by atoms with Gasteiger partial charge in [0.05, 0.1) is 18.5 Å². The molecule has 0 bridgehead atoms. The molecule has 2 unspecified atom stereocenters. The highest BCUT2D eigenvalue weighted by Crippen LogP contribution is 2.07. The van der Waals surface area contributed by atoms with Gasteiger partial charge in [0.1, 0.15) is 0 Å². The van der Waals surface area contributed by atoms with E-state index in [9.17, 15) is 8.42 Å². The van der Waals surface area contributed by atoms with Gasteiger partial charge in [-0.3, -0.25) is 4.90 Å². The highest BCUT2D eigenvalue weighted by molar-refractivity contribution is 7.89. The molecule has 90 valence electrons. The van der Waals surface area contributed by atoms with Crippen molar-refractivity contribution in [1.29, 1.82) is 0 Å².